The quantitative estimate of drug-likeness (QED) is 0.233. The number of halogens is 1. The van der Waals surface area contributed by atoms with Crippen LogP contribution in [0.25, 0.3) is 6.08 Å². The fourth-order valence-electron chi connectivity index (χ4n) is 3.51. The van der Waals surface area contributed by atoms with Gasteiger partial charge in [-0.25, -0.2) is 4.79 Å². The highest BCUT2D eigenvalue weighted by Crippen LogP contribution is 2.30. The first-order valence-corrected chi connectivity index (χ1v) is 11.4. The second-order valence-electron chi connectivity index (χ2n) is 7.62. The van der Waals surface area contributed by atoms with Gasteiger partial charge in [-0.05, 0) is 60.9 Å². The van der Waals surface area contributed by atoms with Crippen LogP contribution in [-0.2, 0) is 14.3 Å². The van der Waals surface area contributed by atoms with E-state index in [1.807, 2.05) is 32.0 Å². The van der Waals surface area contributed by atoms with Gasteiger partial charge < -0.3 is 23.8 Å². The molecular weight excluding hydrogens is 504 g/mol. The van der Waals surface area contributed by atoms with E-state index in [2.05, 4.69) is 15.9 Å². The van der Waals surface area contributed by atoms with E-state index in [0.717, 1.165) is 15.6 Å². The molecule has 1 saturated heterocycles. The standard InChI is InChI=1S/C25H25BrN2O6/c1-16-10-20(26)11-17(2)24(16)33-15-23(29)34-21-5-4-18(13-22(21)31-3)12-19(14-27)25(30)28-6-8-32-9-7-28/h4-5,10-13H,6-9,15H2,1-3H3/b19-12+. The molecule has 0 bridgehead atoms. The highest BCUT2D eigenvalue weighted by Gasteiger charge is 2.21. The van der Waals surface area contributed by atoms with Crippen LogP contribution in [0.2, 0.25) is 0 Å². The molecule has 1 heterocycles. The number of hydrogen-bond acceptors (Lipinski definition) is 7. The molecule has 0 aromatic heterocycles. The number of carbonyl (C=O) groups is 2. The fourth-order valence-corrected chi connectivity index (χ4v) is 4.20. The third-order valence-corrected chi connectivity index (χ3v) is 5.59. The minimum absolute atomic E-state index is 0.00216. The Kier molecular flexibility index (Phi) is 8.68. The van der Waals surface area contributed by atoms with Crippen LogP contribution in [0.1, 0.15) is 16.7 Å². The number of amides is 1. The number of ether oxygens (including phenoxy) is 4. The predicted molar refractivity (Wildman–Crippen MR) is 129 cm³/mol. The molecule has 1 amide bonds. The highest BCUT2D eigenvalue weighted by molar-refractivity contribution is 9.10. The molecule has 0 saturated carbocycles. The number of esters is 1. The van der Waals surface area contributed by atoms with Crippen LogP contribution in [0.3, 0.4) is 0 Å². The van der Waals surface area contributed by atoms with Crippen LogP contribution in [0.15, 0.2) is 40.4 Å². The maximum absolute atomic E-state index is 12.6. The van der Waals surface area contributed by atoms with E-state index in [9.17, 15) is 14.9 Å². The van der Waals surface area contributed by atoms with Crippen LogP contribution in [0.4, 0.5) is 0 Å². The van der Waals surface area contributed by atoms with Gasteiger partial charge in [-0.15, -0.1) is 0 Å². The zero-order valence-corrected chi connectivity index (χ0v) is 20.8. The number of morpholine rings is 1. The maximum atomic E-state index is 12.6. The second-order valence-corrected chi connectivity index (χ2v) is 8.53. The molecule has 0 spiro atoms. The Morgan fingerprint density at radius 2 is 1.82 bits per heavy atom. The smallest absolute Gasteiger partial charge is 0.349 e. The van der Waals surface area contributed by atoms with Crippen molar-refractivity contribution in [3.05, 3.63) is 57.1 Å². The van der Waals surface area contributed by atoms with Crippen LogP contribution in [0.5, 0.6) is 17.2 Å². The van der Waals surface area contributed by atoms with Crippen molar-refractivity contribution in [2.45, 2.75) is 13.8 Å². The molecule has 3 rings (SSSR count). The highest BCUT2D eigenvalue weighted by atomic mass is 79.9. The normalized spacial score (nSPS) is 13.7. The second kappa shape index (κ2) is 11.7. The monoisotopic (exact) mass is 528 g/mol. The van der Waals surface area contributed by atoms with Gasteiger partial charge in [0.05, 0.1) is 20.3 Å². The average Bonchev–Trinajstić information content (AvgIpc) is 2.82. The summed E-state index contributed by atoms with van der Waals surface area (Å²) >= 11 is 3.43. The fraction of sp³-hybridized carbons (Fsp3) is 0.320. The summed E-state index contributed by atoms with van der Waals surface area (Å²) in [6.45, 7) is 5.29. The number of methoxy groups -OCH3 is 1. The van der Waals surface area contributed by atoms with Crippen molar-refractivity contribution >= 4 is 33.9 Å². The topological polar surface area (TPSA) is 98.1 Å². The number of aryl methyl sites for hydroxylation is 2. The molecule has 0 unspecified atom stereocenters. The van der Waals surface area contributed by atoms with Crippen molar-refractivity contribution in [2.75, 3.05) is 40.0 Å². The maximum Gasteiger partial charge on any atom is 0.349 e. The number of benzene rings is 2. The van der Waals surface area contributed by atoms with Crippen LogP contribution in [-0.4, -0.2) is 56.8 Å². The number of hydrogen-bond donors (Lipinski definition) is 0. The lowest BCUT2D eigenvalue weighted by atomic mass is 10.1. The predicted octanol–water partition coefficient (Wildman–Crippen LogP) is 3.82. The summed E-state index contributed by atoms with van der Waals surface area (Å²) in [5.41, 5.74) is 2.36. The number of rotatable bonds is 7. The molecule has 8 nitrogen and oxygen atoms in total. The zero-order valence-electron chi connectivity index (χ0n) is 19.2. The molecule has 0 N–H and O–H groups in total. The van der Waals surface area contributed by atoms with E-state index in [1.165, 1.54) is 13.2 Å². The zero-order chi connectivity index (χ0) is 24.7. The summed E-state index contributed by atoms with van der Waals surface area (Å²) in [6.07, 6.45) is 1.48. The summed E-state index contributed by atoms with van der Waals surface area (Å²) in [7, 11) is 1.44. The first kappa shape index (κ1) is 25.3. The molecule has 0 atom stereocenters. The minimum Gasteiger partial charge on any atom is -0.493 e. The molecule has 2 aromatic rings. The van der Waals surface area contributed by atoms with Gasteiger partial charge in [0, 0.05) is 17.6 Å². The summed E-state index contributed by atoms with van der Waals surface area (Å²) in [5, 5.41) is 9.48. The van der Waals surface area contributed by atoms with Crippen molar-refractivity contribution < 1.29 is 28.5 Å². The van der Waals surface area contributed by atoms with Crippen molar-refractivity contribution in [3.63, 3.8) is 0 Å². The van der Waals surface area contributed by atoms with Crippen LogP contribution >= 0.6 is 15.9 Å². The Hall–Kier alpha value is -3.35. The van der Waals surface area contributed by atoms with Gasteiger partial charge in [-0.1, -0.05) is 22.0 Å². The van der Waals surface area contributed by atoms with E-state index < -0.39 is 5.97 Å². The molecule has 1 aliphatic rings. The van der Waals surface area contributed by atoms with E-state index >= 15 is 0 Å². The first-order valence-electron chi connectivity index (χ1n) is 10.6. The first-order chi connectivity index (χ1) is 16.3. The van der Waals surface area contributed by atoms with E-state index in [0.29, 0.717) is 37.6 Å². The van der Waals surface area contributed by atoms with Gasteiger partial charge in [-0.3, -0.25) is 4.79 Å². The summed E-state index contributed by atoms with van der Waals surface area (Å²) < 4.78 is 22.6. The molecular formula is C25H25BrN2O6. The Morgan fingerprint density at radius 3 is 2.44 bits per heavy atom. The Bertz CT molecular complexity index is 1130. The third kappa shape index (κ3) is 6.37. The lowest BCUT2D eigenvalue weighted by Crippen LogP contribution is -2.41. The van der Waals surface area contributed by atoms with E-state index in [4.69, 9.17) is 18.9 Å². The Balaban J connectivity index is 1.69. The molecule has 1 aliphatic heterocycles. The molecule has 2 aromatic carbocycles. The Morgan fingerprint density at radius 1 is 1.15 bits per heavy atom. The lowest BCUT2D eigenvalue weighted by Gasteiger charge is -2.26. The molecule has 178 valence electrons. The number of nitrogens with zero attached hydrogens (tertiary/aromatic N) is 2. The van der Waals surface area contributed by atoms with Crippen LogP contribution in [0, 0.1) is 25.2 Å². The van der Waals surface area contributed by atoms with Gasteiger partial charge in [-0.2, -0.15) is 5.26 Å². The van der Waals surface area contributed by atoms with Crippen molar-refractivity contribution in [3.8, 4) is 23.3 Å². The Labute approximate surface area is 206 Å². The summed E-state index contributed by atoms with van der Waals surface area (Å²) in [6, 6.07) is 10.6. The molecule has 0 radical (unpaired) electrons. The van der Waals surface area contributed by atoms with Crippen molar-refractivity contribution in [2.24, 2.45) is 0 Å². The van der Waals surface area contributed by atoms with E-state index in [1.54, 1.807) is 23.1 Å². The average molecular weight is 529 g/mol. The largest absolute Gasteiger partial charge is 0.493 e. The summed E-state index contributed by atoms with van der Waals surface area (Å²) in [4.78, 5) is 26.6. The van der Waals surface area contributed by atoms with Gasteiger partial charge >= 0.3 is 5.97 Å². The lowest BCUT2D eigenvalue weighted by molar-refractivity contribution is -0.136. The van der Waals surface area contributed by atoms with Gasteiger partial charge in [0.1, 0.15) is 17.4 Å². The van der Waals surface area contributed by atoms with Crippen molar-refractivity contribution in [1.82, 2.24) is 4.90 Å². The van der Waals surface area contributed by atoms with Crippen molar-refractivity contribution in [1.29, 1.82) is 5.26 Å². The van der Waals surface area contributed by atoms with Gasteiger partial charge in [0.15, 0.2) is 18.1 Å². The molecule has 1 fully saturated rings. The number of nitriles is 1. The number of carbonyl (C=O) groups excluding carboxylic acids is 2. The van der Waals surface area contributed by atoms with E-state index in [-0.39, 0.29) is 29.6 Å². The van der Waals surface area contributed by atoms with Gasteiger partial charge in [0.2, 0.25) is 0 Å². The third-order valence-electron chi connectivity index (χ3n) is 5.13. The SMILES string of the molecule is COc1cc(/C=C(\C#N)C(=O)N2CCOCC2)ccc1OC(=O)COc1c(C)cc(Br)cc1C. The van der Waals surface area contributed by atoms with Crippen LogP contribution < -0.4 is 14.2 Å². The minimum atomic E-state index is -0.594. The molecule has 9 heteroatoms. The molecule has 0 aliphatic carbocycles. The van der Waals surface area contributed by atoms with Gasteiger partial charge in [0.25, 0.3) is 5.91 Å². The molecule has 34 heavy (non-hydrogen) atoms. The summed E-state index contributed by atoms with van der Waals surface area (Å²) in [5.74, 6) is 0.172.